The number of carbonyl (C=O) groups excluding carboxylic acids is 3. The van der Waals surface area contributed by atoms with E-state index >= 15 is 0 Å². The molecule has 1 aliphatic heterocycles. The highest BCUT2D eigenvalue weighted by Gasteiger charge is 2.51. The van der Waals surface area contributed by atoms with Crippen LogP contribution in [-0.4, -0.2) is 45.4 Å². The van der Waals surface area contributed by atoms with Crippen LogP contribution in [0.15, 0.2) is 0 Å². The third-order valence-corrected chi connectivity index (χ3v) is 6.23. The maximum absolute atomic E-state index is 13.0. The lowest BCUT2D eigenvalue weighted by Gasteiger charge is -2.42. The van der Waals surface area contributed by atoms with E-state index in [4.69, 9.17) is 0 Å². The average molecular weight is 397 g/mol. The second-order valence-electron chi connectivity index (χ2n) is 11.3. The molecule has 1 fully saturated rings. The largest absolute Gasteiger partial charge is 0.396 e. The lowest BCUT2D eigenvalue weighted by molar-refractivity contribution is -0.149. The quantitative estimate of drug-likeness (QED) is 0.647. The van der Waals surface area contributed by atoms with Gasteiger partial charge in [0.05, 0.1) is 5.92 Å². The number of rotatable bonds is 7. The van der Waals surface area contributed by atoms with E-state index in [1.165, 1.54) is 4.90 Å². The van der Waals surface area contributed by atoms with Crippen molar-refractivity contribution in [2.24, 2.45) is 22.7 Å². The number of nitrogens with one attached hydrogen (secondary N) is 1. The highest BCUT2D eigenvalue weighted by atomic mass is 16.3. The zero-order valence-electron chi connectivity index (χ0n) is 19.4. The van der Waals surface area contributed by atoms with E-state index in [9.17, 15) is 19.5 Å². The van der Waals surface area contributed by atoms with Crippen LogP contribution in [-0.2, 0) is 14.4 Å². The number of imide groups is 1. The van der Waals surface area contributed by atoms with Gasteiger partial charge in [-0.25, -0.2) is 0 Å². The Balaban J connectivity index is 3.02. The second-order valence-corrected chi connectivity index (χ2v) is 11.3. The molecule has 0 saturated carbocycles. The van der Waals surface area contributed by atoms with E-state index in [0.29, 0.717) is 6.42 Å². The van der Waals surface area contributed by atoms with Crippen molar-refractivity contribution in [1.82, 2.24) is 10.2 Å². The van der Waals surface area contributed by atoms with Gasteiger partial charge >= 0.3 is 0 Å². The summed E-state index contributed by atoms with van der Waals surface area (Å²) >= 11 is 0. The van der Waals surface area contributed by atoms with Crippen LogP contribution >= 0.6 is 0 Å². The molecule has 0 aromatic heterocycles. The van der Waals surface area contributed by atoms with Crippen LogP contribution in [0, 0.1) is 22.7 Å². The molecule has 0 spiro atoms. The first kappa shape index (κ1) is 24.6. The summed E-state index contributed by atoms with van der Waals surface area (Å²) in [6, 6.07) is 0. The summed E-state index contributed by atoms with van der Waals surface area (Å²) < 4.78 is 0. The van der Waals surface area contributed by atoms with Crippen molar-refractivity contribution < 1.29 is 19.5 Å². The number of carbonyl (C=O) groups is 3. The summed E-state index contributed by atoms with van der Waals surface area (Å²) in [4.78, 5) is 40.0. The van der Waals surface area contributed by atoms with E-state index in [0.717, 1.165) is 0 Å². The minimum Gasteiger partial charge on any atom is -0.396 e. The molecular weight excluding hydrogens is 356 g/mol. The standard InChI is InChI=1S/C22H40N2O4/c1-14(12-25)22(9,10)23-18(28)20(5,6)13-21(7,8)24-16(26)11-15(17(24)27)19(2,3)4/h14-15,25H,11-13H2,1-10H3,(H,23,28). The van der Waals surface area contributed by atoms with Gasteiger partial charge in [0.1, 0.15) is 0 Å². The van der Waals surface area contributed by atoms with E-state index in [-0.39, 0.29) is 48.0 Å². The number of hydrogen-bond donors (Lipinski definition) is 2. The molecule has 2 N–H and O–H groups in total. The maximum atomic E-state index is 13.0. The Bertz CT molecular complexity index is 629. The Kier molecular flexibility index (Phi) is 6.83. The first-order valence-corrected chi connectivity index (χ1v) is 10.2. The van der Waals surface area contributed by atoms with Crippen molar-refractivity contribution in [1.29, 1.82) is 0 Å². The van der Waals surface area contributed by atoms with E-state index in [2.05, 4.69) is 5.32 Å². The number of hydrogen-bond acceptors (Lipinski definition) is 4. The number of amides is 3. The molecule has 0 aromatic rings. The number of likely N-dealkylation sites (tertiary alicyclic amines) is 1. The van der Waals surface area contributed by atoms with Crippen molar-refractivity contribution in [3.05, 3.63) is 0 Å². The van der Waals surface area contributed by atoms with Crippen molar-refractivity contribution in [3.8, 4) is 0 Å². The molecule has 2 unspecified atom stereocenters. The minimum absolute atomic E-state index is 0.0236. The number of aliphatic hydroxyl groups is 1. The van der Waals surface area contributed by atoms with Crippen LogP contribution in [0.5, 0.6) is 0 Å². The van der Waals surface area contributed by atoms with Crippen LogP contribution in [0.1, 0.15) is 82.1 Å². The molecule has 3 amide bonds. The van der Waals surface area contributed by atoms with Crippen LogP contribution in [0.4, 0.5) is 0 Å². The lowest BCUT2D eigenvalue weighted by Crippen LogP contribution is -2.56. The van der Waals surface area contributed by atoms with Crippen LogP contribution < -0.4 is 5.32 Å². The third-order valence-electron chi connectivity index (χ3n) is 6.23. The molecule has 1 aliphatic rings. The summed E-state index contributed by atoms with van der Waals surface area (Å²) in [7, 11) is 0. The van der Waals surface area contributed by atoms with Crippen molar-refractivity contribution in [2.45, 2.75) is 93.2 Å². The smallest absolute Gasteiger partial charge is 0.233 e. The fourth-order valence-corrected chi connectivity index (χ4v) is 4.00. The van der Waals surface area contributed by atoms with Gasteiger partial charge < -0.3 is 10.4 Å². The summed E-state index contributed by atoms with van der Waals surface area (Å²) in [5, 5.41) is 12.5. The van der Waals surface area contributed by atoms with Gasteiger partial charge in [-0.1, -0.05) is 41.5 Å². The van der Waals surface area contributed by atoms with Crippen molar-refractivity contribution >= 4 is 17.7 Å². The third kappa shape index (κ3) is 5.13. The predicted octanol–water partition coefficient (Wildman–Crippen LogP) is 3.13. The topological polar surface area (TPSA) is 86.7 Å². The fourth-order valence-electron chi connectivity index (χ4n) is 4.00. The average Bonchev–Trinajstić information content (AvgIpc) is 2.80. The van der Waals surface area contributed by atoms with Gasteiger partial charge in [0.15, 0.2) is 0 Å². The molecule has 0 aliphatic carbocycles. The monoisotopic (exact) mass is 396 g/mol. The summed E-state index contributed by atoms with van der Waals surface area (Å²) in [6.07, 6.45) is 0.573. The lowest BCUT2D eigenvalue weighted by atomic mass is 9.77. The molecular formula is C22H40N2O4. The van der Waals surface area contributed by atoms with Crippen molar-refractivity contribution in [3.63, 3.8) is 0 Å². The van der Waals surface area contributed by atoms with Gasteiger partial charge in [-0.3, -0.25) is 19.3 Å². The molecule has 2 atom stereocenters. The highest BCUT2D eigenvalue weighted by Crippen LogP contribution is 2.41. The first-order valence-electron chi connectivity index (χ1n) is 10.2. The molecule has 1 heterocycles. The Morgan fingerprint density at radius 1 is 1.11 bits per heavy atom. The zero-order chi connectivity index (χ0) is 22.3. The Labute approximate surface area is 170 Å². The molecule has 1 saturated heterocycles. The Morgan fingerprint density at radius 2 is 1.61 bits per heavy atom. The van der Waals surface area contributed by atoms with Gasteiger partial charge in [-0.2, -0.15) is 0 Å². The predicted molar refractivity (Wildman–Crippen MR) is 110 cm³/mol. The number of nitrogens with zero attached hydrogens (tertiary/aromatic N) is 1. The van der Waals surface area contributed by atoms with Gasteiger partial charge in [-0.15, -0.1) is 0 Å². The van der Waals surface area contributed by atoms with Crippen LogP contribution in [0.25, 0.3) is 0 Å². The highest BCUT2D eigenvalue weighted by molar-refractivity contribution is 6.04. The molecule has 0 aromatic carbocycles. The Morgan fingerprint density at radius 3 is 2.00 bits per heavy atom. The Hall–Kier alpha value is -1.43. The van der Waals surface area contributed by atoms with Gasteiger partial charge in [0.25, 0.3) is 0 Å². The van der Waals surface area contributed by atoms with E-state index in [1.54, 1.807) is 0 Å². The minimum atomic E-state index is -0.795. The summed E-state index contributed by atoms with van der Waals surface area (Å²) in [5.74, 6) is -0.902. The molecule has 162 valence electrons. The van der Waals surface area contributed by atoms with E-state index in [1.807, 2.05) is 69.2 Å². The molecule has 28 heavy (non-hydrogen) atoms. The molecule has 6 heteroatoms. The maximum Gasteiger partial charge on any atom is 0.233 e. The van der Waals surface area contributed by atoms with Gasteiger partial charge in [0, 0.05) is 35.4 Å². The van der Waals surface area contributed by atoms with Crippen LogP contribution in [0.3, 0.4) is 0 Å². The number of aliphatic hydroxyl groups excluding tert-OH is 1. The fraction of sp³-hybridized carbons (Fsp3) is 0.864. The van der Waals surface area contributed by atoms with Crippen LogP contribution in [0.2, 0.25) is 0 Å². The van der Waals surface area contributed by atoms with E-state index < -0.39 is 16.5 Å². The summed E-state index contributed by atoms with van der Waals surface area (Å²) in [5.41, 5.74) is -2.42. The van der Waals surface area contributed by atoms with Crippen molar-refractivity contribution in [2.75, 3.05) is 6.61 Å². The van der Waals surface area contributed by atoms with Gasteiger partial charge in [0.2, 0.25) is 17.7 Å². The molecule has 0 radical (unpaired) electrons. The molecule has 1 rings (SSSR count). The second kappa shape index (κ2) is 7.77. The zero-order valence-corrected chi connectivity index (χ0v) is 19.4. The normalized spacial score (nSPS) is 20.5. The summed E-state index contributed by atoms with van der Waals surface area (Å²) in [6.45, 7) is 18.9. The molecule has 6 nitrogen and oxygen atoms in total. The SMILES string of the molecule is CC(CO)C(C)(C)NC(=O)C(C)(C)CC(C)(C)N1C(=O)CC(C(C)(C)C)C1=O. The van der Waals surface area contributed by atoms with Gasteiger partial charge in [-0.05, 0) is 39.5 Å². The molecule has 0 bridgehead atoms. The first-order chi connectivity index (χ1) is 12.4.